The maximum absolute atomic E-state index is 6.20. The minimum Gasteiger partial charge on any atom is -0.488 e. The summed E-state index contributed by atoms with van der Waals surface area (Å²) in [6, 6.07) is 27.1. The predicted molar refractivity (Wildman–Crippen MR) is 155 cm³/mol. The number of ether oxygens (including phenoxy) is 3. The van der Waals surface area contributed by atoms with Crippen molar-refractivity contribution in [2.45, 2.75) is 81.5 Å². The average Bonchev–Trinajstić information content (AvgIpc) is 2.90. The van der Waals surface area contributed by atoms with E-state index in [4.69, 9.17) is 14.2 Å². The van der Waals surface area contributed by atoms with E-state index in [1.807, 2.05) is 11.8 Å². The summed E-state index contributed by atoms with van der Waals surface area (Å²) in [5, 5.41) is 0. The second-order valence-electron chi connectivity index (χ2n) is 10.9. The van der Waals surface area contributed by atoms with Gasteiger partial charge in [-0.3, -0.25) is 0 Å². The highest BCUT2D eigenvalue weighted by Gasteiger charge is 2.32. The third-order valence-electron chi connectivity index (χ3n) is 7.10. The van der Waals surface area contributed by atoms with E-state index in [-0.39, 0.29) is 11.9 Å². The molecule has 0 heterocycles. The number of rotatable bonds is 11. The minimum atomic E-state index is -0.197. The van der Waals surface area contributed by atoms with Gasteiger partial charge in [-0.1, -0.05) is 48.5 Å². The smallest absolute Gasteiger partial charge is 0.156 e. The number of aryl methyl sites for hydroxylation is 1. The topological polar surface area (TPSA) is 27.7 Å². The Bertz CT molecular complexity index is 1100. The number of methoxy groups -OCH3 is 2. The van der Waals surface area contributed by atoms with Crippen molar-refractivity contribution in [2.24, 2.45) is 0 Å². The highest BCUT2D eigenvalue weighted by atomic mass is 32.2. The predicted octanol–water partition coefficient (Wildman–Crippen LogP) is 8.61. The zero-order valence-corrected chi connectivity index (χ0v) is 23.9. The molecule has 4 heteroatoms. The first-order valence-corrected chi connectivity index (χ1v) is 14.5. The fourth-order valence-corrected chi connectivity index (χ4v) is 6.30. The van der Waals surface area contributed by atoms with Crippen LogP contribution in [-0.2, 0) is 15.9 Å². The molecule has 0 saturated heterocycles. The zero-order valence-electron chi connectivity index (χ0n) is 23.0. The molecule has 0 spiro atoms. The van der Waals surface area contributed by atoms with Crippen molar-refractivity contribution in [3.8, 4) is 5.75 Å². The number of fused-ring (bicyclic) bond motifs is 1. The molecule has 3 nitrogen and oxygen atoms in total. The summed E-state index contributed by atoms with van der Waals surface area (Å²) in [5.74, 6) is 2.89. The lowest BCUT2D eigenvalue weighted by Crippen LogP contribution is -2.24. The quantitative estimate of drug-likeness (QED) is 0.144. The van der Waals surface area contributed by atoms with E-state index < -0.39 is 0 Å². The van der Waals surface area contributed by atoms with Gasteiger partial charge >= 0.3 is 0 Å². The van der Waals surface area contributed by atoms with Crippen LogP contribution < -0.4 is 4.74 Å². The molecule has 0 unspecified atom stereocenters. The molecule has 1 aliphatic rings. The van der Waals surface area contributed by atoms with Crippen molar-refractivity contribution >= 4 is 11.8 Å². The van der Waals surface area contributed by atoms with Gasteiger partial charge in [0.1, 0.15) is 11.4 Å². The molecule has 2 atom stereocenters. The lowest BCUT2D eigenvalue weighted by Gasteiger charge is -2.35. The summed E-state index contributed by atoms with van der Waals surface area (Å²) in [7, 11) is 3.41. The van der Waals surface area contributed by atoms with E-state index in [1.165, 1.54) is 27.1 Å². The normalized spacial score (nSPS) is 17.6. The highest BCUT2D eigenvalue weighted by molar-refractivity contribution is 7.99. The van der Waals surface area contributed by atoms with Gasteiger partial charge in [0.2, 0.25) is 0 Å². The van der Waals surface area contributed by atoms with Gasteiger partial charge < -0.3 is 14.2 Å². The van der Waals surface area contributed by atoms with Crippen LogP contribution in [0.2, 0.25) is 0 Å². The zero-order chi connectivity index (χ0) is 26.3. The number of hydrogen-bond acceptors (Lipinski definition) is 4. The van der Waals surface area contributed by atoms with Crippen molar-refractivity contribution < 1.29 is 14.2 Å². The first kappa shape index (κ1) is 27.8. The standard InChI is InChI=1S/C33H42O3S/c1-33(2,3)36-27-17-21-30-26(23-27)16-20-29(24-11-7-6-8-12-24)32(30)25-14-18-28(19-15-25)37-22-10-9-13-31(34-4)35-5/h6-8,11-12,14-15,17-19,21,23,29,31-32H,9-10,13,16,20,22H2,1-5H3/t29-,32+/m1/s1. The molecule has 0 bridgehead atoms. The van der Waals surface area contributed by atoms with Gasteiger partial charge in [0.15, 0.2) is 6.29 Å². The van der Waals surface area contributed by atoms with Crippen molar-refractivity contribution in [1.82, 2.24) is 0 Å². The molecule has 0 aliphatic heterocycles. The van der Waals surface area contributed by atoms with E-state index in [1.54, 1.807) is 14.2 Å². The maximum atomic E-state index is 6.20. The summed E-state index contributed by atoms with van der Waals surface area (Å²) < 4.78 is 16.8. The molecule has 1 aliphatic carbocycles. The summed E-state index contributed by atoms with van der Waals surface area (Å²) in [6.45, 7) is 6.32. The first-order chi connectivity index (χ1) is 17.9. The summed E-state index contributed by atoms with van der Waals surface area (Å²) in [5.41, 5.74) is 5.48. The van der Waals surface area contributed by atoms with Gasteiger partial charge in [-0.15, -0.1) is 11.8 Å². The lowest BCUT2D eigenvalue weighted by atomic mass is 9.69. The van der Waals surface area contributed by atoms with Gasteiger partial charge in [-0.05, 0) is 111 Å². The Hall–Kier alpha value is -2.27. The van der Waals surface area contributed by atoms with Gasteiger partial charge in [-0.2, -0.15) is 0 Å². The van der Waals surface area contributed by atoms with Crippen molar-refractivity contribution in [3.63, 3.8) is 0 Å². The van der Waals surface area contributed by atoms with Crippen LogP contribution in [0.15, 0.2) is 77.7 Å². The fourth-order valence-electron chi connectivity index (χ4n) is 5.39. The number of thioether (sulfide) groups is 1. The summed E-state index contributed by atoms with van der Waals surface area (Å²) in [4.78, 5) is 1.33. The maximum Gasteiger partial charge on any atom is 0.156 e. The van der Waals surface area contributed by atoms with Crippen molar-refractivity contribution in [3.05, 3.63) is 95.1 Å². The third kappa shape index (κ3) is 7.63. The van der Waals surface area contributed by atoms with Crippen LogP contribution in [0.5, 0.6) is 5.75 Å². The molecule has 0 N–H and O–H groups in total. The molecule has 0 saturated carbocycles. The van der Waals surface area contributed by atoms with Crippen molar-refractivity contribution in [1.29, 1.82) is 0 Å². The first-order valence-electron chi connectivity index (χ1n) is 13.5. The largest absolute Gasteiger partial charge is 0.488 e. The SMILES string of the molecule is COC(CCCCSc1ccc([C@@H]2c3ccc(OC(C)(C)C)cc3CC[C@@H]2c2ccccc2)cc1)OC. The molecule has 3 aromatic rings. The molecule has 0 fully saturated rings. The van der Waals surface area contributed by atoms with E-state index >= 15 is 0 Å². The Kier molecular flexibility index (Phi) is 9.75. The molecule has 37 heavy (non-hydrogen) atoms. The Morgan fingerprint density at radius 3 is 2.27 bits per heavy atom. The van der Waals surface area contributed by atoms with Crippen LogP contribution in [0.25, 0.3) is 0 Å². The third-order valence-corrected chi connectivity index (χ3v) is 8.19. The Morgan fingerprint density at radius 1 is 0.865 bits per heavy atom. The average molecular weight is 519 g/mol. The van der Waals surface area contributed by atoms with E-state index in [0.717, 1.165) is 43.6 Å². The number of unbranched alkanes of at least 4 members (excludes halogenated alkanes) is 1. The minimum absolute atomic E-state index is 0.0867. The molecule has 0 amide bonds. The molecule has 4 rings (SSSR count). The molecular weight excluding hydrogens is 476 g/mol. The van der Waals surface area contributed by atoms with Crippen LogP contribution in [0.1, 0.15) is 80.5 Å². The number of benzene rings is 3. The number of hydrogen-bond donors (Lipinski definition) is 0. The summed E-state index contributed by atoms with van der Waals surface area (Å²) >= 11 is 1.93. The monoisotopic (exact) mass is 518 g/mol. The van der Waals surface area contributed by atoms with Gasteiger partial charge in [0, 0.05) is 25.0 Å². The Balaban J connectivity index is 1.51. The van der Waals surface area contributed by atoms with Crippen LogP contribution in [0.3, 0.4) is 0 Å². The second kappa shape index (κ2) is 13.0. The van der Waals surface area contributed by atoms with Gasteiger partial charge in [0.25, 0.3) is 0 Å². The molecule has 198 valence electrons. The van der Waals surface area contributed by atoms with Crippen LogP contribution >= 0.6 is 11.8 Å². The molecular formula is C33H42O3S. The van der Waals surface area contributed by atoms with E-state index in [9.17, 15) is 0 Å². The fraction of sp³-hybridized carbons (Fsp3) is 0.455. The van der Waals surface area contributed by atoms with Crippen molar-refractivity contribution in [2.75, 3.05) is 20.0 Å². The lowest BCUT2D eigenvalue weighted by molar-refractivity contribution is -0.106. The van der Waals surface area contributed by atoms with E-state index in [2.05, 4.69) is 93.6 Å². The highest BCUT2D eigenvalue weighted by Crippen LogP contribution is 2.47. The van der Waals surface area contributed by atoms with Gasteiger partial charge in [0.05, 0.1) is 0 Å². The Morgan fingerprint density at radius 2 is 1.59 bits per heavy atom. The van der Waals surface area contributed by atoms with Crippen LogP contribution in [0, 0.1) is 0 Å². The second-order valence-corrected chi connectivity index (χ2v) is 12.1. The molecule has 3 aromatic carbocycles. The summed E-state index contributed by atoms with van der Waals surface area (Å²) in [6.07, 6.45) is 5.33. The Labute approximate surface area is 227 Å². The van der Waals surface area contributed by atoms with Gasteiger partial charge in [-0.25, -0.2) is 0 Å². The van der Waals surface area contributed by atoms with Crippen LogP contribution in [-0.4, -0.2) is 31.9 Å². The molecule has 0 aromatic heterocycles. The van der Waals surface area contributed by atoms with Crippen LogP contribution in [0.4, 0.5) is 0 Å². The van der Waals surface area contributed by atoms with E-state index in [0.29, 0.717) is 11.8 Å². The molecule has 0 radical (unpaired) electrons.